The molecule has 6 heteroatoms. The Morgan fingerprint density at radius 2 is 2.03 bits per heavy atom. The van der Waals surface area contributed by atoms with Gasteiger partial charge in [0.1, 0.15) is 0 Å². The molecule has 1 heterocycles. The third-order valence-corrected chi connectivity index (χ3v) is 7.71. The molecule has 1 aromatic rings. The highest BCUT2D eigenvalue weighted by atomic mass is 79.9. The van der Waals surface area contributed by atoms with Crippen LogP contribution in [0.4, 0.5) is 0 Å². The van der Waals surface area contributed by atoms with Crippen LogP contribution in [0.5, 0.6) is 0 Å². The van der Waals surface area contributed by atoms with Gasteiger partial charge in [0.15, 0.2) is 0 Å². The van der Waals surface area contributed by atoms with Crippen molar-refractivity contribution >= 4 is 27.3 Å². The van der Waals surface area contributed by atoms with Crippen LogP contribution in [0.2, 0.25) is 0 Å². The molecule has 170 valence electrons. The lowest BCUT2D eigenvalue weighted by molar-refractivity contribution is 0.120. The summed E-state index contributed by atoms with van der Waals surface area (Å²) in [7, 11) is 1.72. The Morgan fingerprint density at radius 3 is 2.70 bits per heavy atom. The predicted octanol–water partition coefficient (Wildman–Crippen LogP) is 5.12. The summed E-state index contributed by atoms with van der Waals surface area (Å²) in [6, 6.07) is 4.20. The molecule has 1 saturated carbocycles. The Bertz CT molecular complexity index is 659. The minimum absolute atomic E-state index is 0.000486. The molecule has 4 nitrogen and oxygen atoms in total. The molecular weight excluding hydrogens is 464 g/mol. The van der Waals surface area contributed by atoms with Gasteiger partial charge < -0.3 is 20.1 Å². The molecule has 1 aromatic heterocycles. The summed E-state index contributed by atoms with van der Waals surface area (Å²) >= 11 is 5.25. The maximum Gasteiger partial charge on any atom is 0.0755 e. The number of hydrogen-bond acceptors (Lipinski definition) is 5. The zero-order valence-corrected chi connectivity index (χ0v) is 20.5. The Hall–Kier alpha value is -0.500. The Morgan fingerprint density at radius 1 is 1.23 bits per heavy atom. The standard InChI is InChI=1S/C24H37BrO4S/c1-17(16-26)7-5-3-4-6-8-20-21(23(28)15-22(20)27)13-10-18(29-2)9-11-19-12-14-24(25)30-19/h4,6,10,12-14,17-18,20-23,26-28H,3,5,7-9,11,15-16H2,1-2H3/b6-4-,13-10+/t17-,18?,20-,21-,22+,23-/m1/s1. The van der Waals surface area contributed by atoms with Crippen molar-refractivity contribution in [2.75, 3.05) is 13.7 Å². The van der Waals surface area contributed by atoms with E-state index >= 15 is 0 Å². The second-order valence-electron chi connectivity index (χ2n) is 8.44. The highest BCUT2D eigenvalue weighted by molar-refractivity contribution is 9.11. The molecule has 2 rings (SSSR count). The second-order valence-corrected chi connectivity index (χ2v) is 11.0. The lowest BCUT2D eigenvalue weighted by Gasteiger charge is -2.20. The summed E-state index contributed by atoms with van der Waals surface area (Å²) in [6.07, 6.45) is 13.6. The average Bonchev–Trinajstić information content (AvgIpc) is 3.26. The molecule has 0 saturated heterocycles. The molecule has 1 unspecified atom stereocenters. The minimum Gasteiger partial charge on any atom is -0.396 e. The maximum atomic E-state index is 10.5. The van der Waals surface area contributed by atoms with Gasteiger partial charge >= 0.3 is 0 Å². The van der Waals surface area contributed by atoms with Crippen LogP contribution in [0.3, 0.4) is 0 Å². The van der Waals surface area contributed by atoms with Gasteiger partial charge in [-0.05, 0) is 78.4 Å². The zero-order valence-electron chi connectivity index (χ0n) is 18.1. The minimum atomic E-state index is -0.509. The molecule has 0 amide bonds. The van der Waals surface area contributed by atoms with Gasteiger partial charge in [0.2, 0.25) is 0 Å². The van der Waals surface area contributed by atoms with E-state index < -0.39 is 12.2 Å². The first kappa shape index (κ1) is 25.8. The van der Waals surface area contributed by atoms with E-state index in [-0.39, 0.29) is 24.5 Å². The SMILES string of the molecule is COC(/C=C/[C@@H]1[C@@H](C/C=C\CCC[C@@H](C)CO)[C@@H](O)C[C@H]1O)CCc1ccc(Br)s1. The van der Waals surface area contributed by atoms with Crippen LogP contribution in [-0.2, 0) is 11.2 Å². The summed E-state index contributed by atoms with van der Waals surface area (Å²) in [6.45, 7) is 2.31. The summed E-state index contributed by atoms with van der Waals surface area (Å²) in [5.74, 6) is 0.344. The number of aliphatic hydroxyl groups excluding tert-OH is 3. The number of allylic oxidation sites excluding steroid dienone is 2. The molecule has 0 aromatic carbocycles. The number of aliphatic hydroxyl groups is 3. The van der Waals surface area contributed by atoms with Crippen LogP contribution in [0.1, 0.15) is 50.3 Å². The quantitative estimate of drug-likeness (QED) is 0.259. The number of hydrogen-bond donors (Lipinski definition) is 3. The molecule has 1 fully saturated rings. The monoisotopic (exact) mass is 500 g/mol. The number of rotatable bonds is 13. The van der Waals surface area contributed by atoms with Crippen LogP contribution < -0.4 is 0 Å². The summed E-state index contributed by atoms with van der Waals surface area (Å²) in [5, 5.41) is 30.0. The van der Waals surface area contributed by atoms with E-state index in [0.29, 0.717) is 12.3 Å². The number of aryl methyl sites for hydroxylation is 1. The fourth-order valence-corrected chi connectivity index (χ4v) is 5.57. The average molecular weight is 502 g/mol. The highest BCUT2D eigenvalue weighted by Gasteiger charge is 2.39. The number of thiophene rings is 1. The van der Waals surface area contributed by atoms with E-state index in [0.717, 1.165) is 42.3 Å². The highest BCUT2D eigenvalue weighted by Crippen LogP contribution is 2.36. The van der Waals surface area contributed by atoms with Gasteiger partial charge in [-0.15, -0.1) is 11.3 Å². The summed E-state index contributed by atoms with van der Waals surface area (Å²) < 4.78 is 6.76. The van der Waals surface area contributed by atoms with Crippen LogP contribution in [0.25, 0.3) is 0 Å². The molecular formula is C24H37BrO4S. The number of unbranched alkanes of at least 4 members (excludes halogenated alkanes) is 1. The molecule has 0 aliphatic heterocycles. The van der Waals surface area contributed by atoms with Crippen molar-refractivity contribution in [3.05, 3.63) is 45.1 Å². The third-order valence-electron chi connectivity index (χ3n) is 6.03. The molecule has 3 N–H and O–H groups in total. The van der Waals surface area contributed by atoms with Crippen molar-refractivity contribution in [3.8, 4) is 0 Å². The van der Waals surface area contributed by atoms with E-state index in [9.17, 15) is 10.2 Å². The normalized spacial score (nSPS) is 26.7. The van der Waals surface area contributed by atoms with Crippen molar-refractivity contribution in [2.24, 2.45) is 17.8 Å². The van der Waals surface area contributed by atoms with Gasteiger partial charge in [-0.3, -0.25) is 0 Å². The molecule has 0 bridgehead atoms. The largest absolute Gasteiger partial charge is 0.396 e. The van der Waals surface area contributed by atoms with Gasteiger partial charge in [0.25, 0.3) is 0 Å². The number of methoxy groups -OCH3 is 1. The first-order chi connectivity index (χ1) is 14.4. The smallest absolute Gasteiger partial charge is 0.0755 e. The van der Waals surface area contributed by atoms with Gasteiger partial charge in [0.05, 0.1) is 22.1 Å². The lowest BCUT2D eigenvalue weighted by Crippen LogP contribution is -2.20. The Kier molecular flexibility index (Phi) is 11.9. The van der Waals surface area contributed by atoms with Crippen molar-refractivity contribution in [2.45, 2.75) is 70.2 Å². The van der Waals surface area contributed by atoms with Crippen molar-refractivity contribution in [1.82, 2.24) is 0 Å². The van der Waals surface area contributed by atoms with Gasteiger partial charge in [-0.2, -0.15) is 0 Å². The first-order valence-corrected chi connectivity index (χ1v) is 12.6. The lowest BCUT2D eigenvalue weighted by atomic mass is 9.89. The summed E-state index contributed by atoms with van der Waals surface area (Å²) in [5.41, 5.74) is 0. The second kappa shape index (κ2) is 13.8. The van der Waals surface area contributed by atoms with E-state index in [1.54, 1.807) is 18.4 Å². The number of halogens is 1. The van der Waals surface area contributed by atoms with Crippen molar-refractivity contribution < 1.29 is 20.1 Å². The zero-order chi connectivity index (χ0) is 21.9. The molecule has 6 atom stereocenters. The van der Waals surface area contributed by atoms with Crippen molar-refractivity contribution in [3.63, 3.8) is 0 Å². The van der Waals surface area contributed by atoms with Gasteiger partial charge in [-0.25, -0.2) is 0 Å². The van der Waals surface area contributed by atoms with Crippen molar-refractivity contribution in [1.29, 1.82) is 0 Å². The van der Waals surface area contributed by atoms with E-state index in [1.807, 2.05) is 0 Å². The number of ether oxygens (including phenoxy) is 1. The maximum absolute atomic E-state index is 10.5. The van der Waals surface area contributed by atoms with Crippen LogP contribution in [0, 0.1) is 17.8 Å². The van der Waals surface area contributed by atoms with Crippen LogP contribution >= 0.6 is 27.3 Å². The van der Waals surface area contributed by atoms with E-state index in [2.05, 4.69) is 59.3 Å². The van der Waals surface area contributed by atoms with Crippen LogP contribution in [0.15, 0.2) is 40.2 Å². The fourth-order valence-electron chi connectivity index (χ4n) is 4.07. The predicted molar refractivity (Wildman–Crippen MR) is 128 cm³/mol. The third kappa shape index (κ3) is 8.56. The molecule has 1 aliphatic rings. The van der Waals surface area contributed by atoms with Crippen LogP contribution in [-0.4, -0.2) is 47.3 Å². The van der Waals surface area contributed by atoms with Gasteiger partial charge in [-0.1, -0.05) is 31.2 Å². The molecule has 1 aliphatic carbocycles. The fraction of sp³-hybridized carbons (Fsp3) is 0.667. The first-order valence-electron chi connectivity index (χ1n) is 11.0. The van der Waals surface area contributed by atoms with E-state index in [1.165, 1.54) is 4.88 Å². The Balaban J connectivity index is 1.84. The molecule has 0 radical (unpaired) electrons. The van der Waals surface area contributed by atoms with E-state index in [4.69, 9.17) is 9.84 Å². The van der Waals surface area contributed by atoms with Gasteiger partial charge in [0, 0.05) is 30.9 Å². The molecule has 30 heavy (non-hydrogen) atoms. The molecule has 0 spiro atoms. The topological polar surface area (TPSA) is 69.9 Å². The Labute approximate surface area is 193 Å². The summed E-state index contributed by atoms with van der Waals surface area (Å²) in [4.78, 5) is 1.32.